The maximum Gasteiger partial charge on any atom is 0.209 e. The number of H-pyrrole nitrogens is 1. The maximum absolute atomic E-state index is 15.2. The Hall–Kier alpha value is -3.06. The zero-order chi connectivity index (χ0) is 21.8. The van der Waals surface area contributed by atoms with Crippen molar-refractivity contribution >= 4 is 24.3 Å². The van der Waals surface area contributed by atoms with Crippen LogP contribution in [0.25, 0.3) is 0 Å². The van der Waals surface area contributed by atoms with Crippen LogP contribution in [-0.4, -0.2) is 29.4 Å². The minimum absolute atomic E-state index is 0.0119. The van der Waals surface area contributed by atoms with Crippen molar-refractivity contribution in [2.24, 2.45) is 0 Å². The van der Waals surface area contributed by atoms with Crippen molar-refractivity contribution in [2.75, 3.05) is 18.4 Å². The molecule has 1 saturated heterocycles. The van der Waals surface area contributed by atoms with Crippen LogP contribution < -0.4 is 5.32 Å². The number of piperidine rings is 1. The molecule has 2 heterocycles. The Morgan fingerprint density at radius 1 is 1.10 bits per heavy atom. The number of rotatable bonds is 6. The molecule has 1 aliphatic rings. The van der Waals surface area contributed by atoms with Gasteiger partial charge >= 0.3 is 0 Å². The minimum atomic E-state index is -0.510. The summed E-state index contributed by atoms with van der Waals surface area (Å²) in [4.78, 5) is 16.1. The summed E-state index contributed by atoms with van der Waals surface area (Å²) >= 11 is 5.14. The normalized spacial score (nSPS) is 18.6. The third kappa shape index (κ3) is 4.66. The molecule has 1 fully saturated rings. The lowest BCUT2D eigenvalue weighted by molar-refractivity contribution is -0.119. The Kier molecular flexibility index (Phi) is 6.42. The van der Waals surface area contributed by atoms with Crippen LogP contribution in [0.15, 0.2) is 60.8 Å². The topological polar surface area (TPSA) is 48.1 Å². The highest BCUT2D eigenvalue weighted by atomic mass is 32.1. The summed E-state index contributed by atoms with van der Waals surface area (Å²) in [6.07, 6.45) is 3.26. The molecule has 3 aromatic rings. The van der Waals surface area contributed by atoms with E-state index in [1.54, 1.807) is 23.2 Å². The molecule has 2 unspecified atom stereocenters. The second-order valence-corrected chi connectivity index (χ2v) is 8.16. The van der Waals surface area contributed by atoms with Crippen molar-refractivity contribution in [1.29, 1.82) is 0 Å². The second kappa shape index (κ2) is 9.39. The molecule has 31 heavy (non-hydrogen) atoms. The molecule has 2 N–H and O–H groups in total. The van der Waals surface area contributed by atoms with Gasteiger partial charge in [-0.25, -0.2) is 8.78 Å². The summed E-state index contributed by atoms with van der Waals surface area (Å²) in [6.45, 7) is 1.48. The number of nitrogens with zero attached hydrogens (tertiary/aromatic N) is 1. The first kappa shape index (κ1) is 21.2. The molecule has 0 bridgehead atoms. The number of halogens is 2. The number of nitrogens with one attached hydrogen (secondary N) is 2. The predicted octanol–water partition coefficient (Wildman–Crippen LogP) is 5.36. The van der Waals surface area contributed by atoms with E-state index >= 15 is 4.39 Å². The number of carbonyl (C=O) groups excluding carboxylic acids is 1. The molecule has 0 spiro atoms. The third-order valence-corrected chi connectivity index (χ3v) is 6.17. The van der Waals surface area contributed by atoms with Crippen molar-refractivity contribution in [3.05, 3.63) is 93.8 Å². The predicted molar refractivity (Wildman–Crippen MR) is 119 cm³/mol. The molecule has 0 saturated carbocycles. The highest BCUT2D eigenvalue weighted by Crippen LogP contribution is 2.42. The average molecular weight is 440 g/mol. The van der Waals surface area contributed by atoms with Gasteiger partial charge < -0.3 is 15.2 Å². The number of benzene rings is 2. The summed E-state index contributed by atoms with van der Waals surface area (Å²) in [5.74, 6) is -0.975. The summed E-state index contributed by atoms with van der Waals surface area (Å²) in [7, 11) is 0. The van der Waals surface area contributed by atoms with Crippen molar-refractivity contribution in [3.63, 3.8) is 0 Å². The molecule has 7 heteroatoms. The highest BCUT2D eigenvalue weighted by Gasteiger charge is 2.33. The number of aromatic amines is 1. The first-order chi connectivity index (χ1) is 15.1. The van der Waals surface area contributed by atoms with Gasteiger partial charge in [-0.1, -0.05) is 54.7 Å². The van der Waals surface area contributed by atoms with E-state index in [0.29, 0.717) is 31.7 Å². The Bertz CT molecular complexity index is 1100. The Morgan fingerprint density at radius 3 is 2.55 bits per heavy atom. The van der Waals surface area contributed by atoms with Gasteiger partial charge in [-0.3, -0.25) is 4.79 Å². The van der Waals surface area contributed by atoms with Crippen LogP contribution in [0, 0.1) is 16.3 Å². The number of anilines is 1. The van der Waals surface area contributed by atoms with Gasteiger partial charge in [0.2, 0.25) is 6.41 Å². The smallest absolute Gasteiger partial charge is 0.209 e. The molecule has 0 radical (unpaired) electrons. The fourth-order valence-electron chi connectivity index (χ4n) is 4.27. The summed E-state index contributed by atoms with van der Waals surface area (Å²) < 4.78 is 28.7. The number of amides is 1. The molecule has 1 aromatic heterocycles. The largest absolute Gasteiger partial charge is 0.378 e. The fourth-order valence-corrected chi connectivity index (χ4v) is 4.44. The Morgan fingerprint density at radius 2 is 1.84 bits per heavy atom. The van der Waals surface area contributed by atoms with Gasteiger partial charge in [-0.15, -0.1) is 0 Å². The zero-order valence-corrected chi connectivity index (χ0v) is 17.7. The van der Waals surface area contributed by atoms with Gasteiger partial charge in [0, 0.05) is 31.7 Å². The molecule has 4 rings (SSSR count). The van der Waals surface area contributed by atoms with E-state index in [0.717, 1.165) is 23.1 Å². The number of pyridine rings is 1. The third-order valence-electron chi connectivity index (χ3n) is 5.87. The van der Waals surface area contributed by atoms with Gasteiger partial charge in [0.1, 0.15) is 10.5 Å². The van der Waals surface area contributed by atoms with E-state index in [2.05, 4.69) is 10.3 Å². The number of likely N-dealkylation sites (tertiary alicyclic amines) is 1. The van der Waals surface area contributed by atoms with Crippen LogP contribution in [0.2, 0.25) is 0 Å². The van der Waals surface area contributed by atoms with Gasteiger partial charge in [-0.05, 0) is 41.2 Å². The van der Waals surface area contributed by atoms with E-state index in [9.17, 15) is 9.18 Å². The summed E-state index contributed by atoms with van der Waals surface area (Å²) in [6, 6.07) is 16.1. The molecule has 160 valence electrons. The van der Waals surface area contributed by atoms with Gasteiger partial charge in [-0.2, -0.15) is 0 Å². The zero-order valence-electron chi connectivity index (χ0n) is 16.9. The summed E-state index contributed by atoms with van der Waals surface area (Å²) in [5.41, 5.74) is 3.05. The molecular formula is C24H23F2N3OS. The first-order valence-corrected chi connectivity index (χ1v) is 10.6. The van der Waals surface area contributed by atoms with Gasteiger partial charge in [0.05, 0.1) is 5.69 Å². The lowest BCUT2D eigenvalue weighted by Crippen LogP contribution is -2.37. The molecule has 2 aromatic carbocycles. The van der Waals surface area contributed by atoms with Crippen LogP contribution in [0.1, 0.15) is 34.9 Å². The number of carbonyl (C=O) groups is 1. The molecule has 0 aliphatic carbocycles. The molecule has 2 atom stereocenters. The molecule has 1 amide bonds. The van der Waals surface area contributed by atoms with Crippen LogP contribution in [-0.2, 0) is 11.3 Å². The lowest BCUT2D eigenvalue weighted by atomic mass is 9.76. The lowest BCUT2D eigenvalue weighted by Gasteiger charge is -2.38. The Labute approximate surface area is 184 Å². The minimum Gasteiger partial charge on any atom is -0.378 e. The van der Waals surface area contributed by atoms with Crippen molar-refractivity contribution in [1.82, 2.24) is 9.88 Å². The number of hydrogen-bond donors (Lipinski definition) is 2. The van der Waals surface area contributed by atoms with E-state index < -0.39 is 5.82 Å². The van der Waals surface area contributed by atoms with E-state index in [-0.39, 0.29) is 22.3 Å². The average Bonchev–Trinajstić information content (AvgIpc) is 2.81. The van der Waals surface area contributed by atoms with E-state index in [1.807, 2.05) is 30.3 Å². The van der Waals surface area contributed by atoms with Gasteiger partial charge in [0.15, 0.2) is 5.82 Å². The number of hydrogen-bond acceptors (Lipinski definition) is 3. The van der Waals surface area contributed by atoms with Crippen LogP contribution in [0.3, 0.4) is 0 Å². The van der Waals surface area contributed by atoms with Crippen LogP contribution in [0.4, 0.5) is 14.5 Å². The van der Waals surface area contributed by atoms with Crippen molar-refractivity contribution in [3.8, 4) is 0 Å². The molecule has 4 nitrogen and oxygen atoms in total. The van der Waals surface area contributed by atoms with Crippen LogP contribution >= 0.6 is 12.2 Å². The summed E-state index contributed by atoms with van der Waals surface area (Å²) in [5, 5.41) is 3.22. The van der Waals surface area contributed by atoms with Crippen molar-refractivity contribution < 1.29 is 13.6 Å². The monoisotopic (exact) mass is 439 g/mol. The highest BCUT2D eigenvalue weighted by molar-refractivity contribution is 7.71. The Balaban J connectivity index is 1.73. The molecular weight excluding hydrogens is 416 g/mol. The fraction of sp³-hybridized carbons (Fsp3) is 0.250. The second-order valence-electron chi connectivity index (χ2n) is 7.75. The van der Waals surface area contributed by atoms with Crippen molar-refractivity contribution in [2.45, 2.75) is 24.8 Å². The first-order valence-electron chi connectivity index (χ1n) is 10.2. The quantitative estimate of drug-likeness (QED) is 0.401. The number of aromatic nitrogens is 1. The SMILES string of the molecule is O=CN1CCC(c2ccc(F)cc2)C(c2c[nH]c(=S)c(F)c2NCc2ccccc2)C1. The van der Waals surface area contributed by atoms with Crippen LogP contribution in [0.5, 0.6) is 0 Å². The standard InChI is InChI=1S/C24H23F2N3OS/c25-18-8-6-17(7-9-18)19-10-11-29(15-30)14-21(19)20-13-28-24(31)22(26)23(20)27-12-16-4-2-1-3-5-16/h1-9,13,15,19,21H,10-12,14H2,(H2,27,28,31). The molecule has 1 aliphatic heterocycles. The maximum atomic E-state index is 15.2. The van der Waals surface area contributed by atoms with E-state index in [4.69, 9.17) is 12.2 Å². The van der Waals surface area contributed by atoms with E-state index in [1.165, 1.54) is 12.1 Å². The van der Waals surface area contributed by atoms with Gasteiger partial charge in [0.25, 0.3) is 0 Å².